The molecule has 35 heavy (non-hydrogen) atoms. The van der Waals surface area contributed by atoms with Crippen LogP contribution in [-0.2, 0) is 27.4 Å². The highest BCUT2D eigenvalue weighted by molar-refractivity contribution is 7.88. The SMILES string of the molecule is COc1cccc(CC(O)(C(=O)Nc2ccc(N)c(C(F)(F)F)c2)C2CCN(S(C)(=O)=O)CC2)c1. The number of methoxy groups -OCH3 is 1. The maximum Gasteiger partial charge on any atom is 0.418 e. The number of nitrogens with two attached hydrogens (primary N) is 1. The number of nitrogens with zero attached hydrogens (tertiary/aromatic N) is 1. The molecule has 1 atom stereocenters. The summed E-state index contributed by atoms with van der Waals surface area (Å²) >= 11 is 0. The molecule has 1 amide bonds. The molecule has 0 aliphatic carbocycles. The van der Waals surface area contributed by atoms with Crippen molar-refractivity contribution in [2.75, 3.05) is 37.5 Å². The third-order valence-corrected chi connectivity index (χ3v) is 7.52. The Hall–Kier alpha value is -2.83. The smallest absolute Gasteiger partial charge is 0.418 e. The number of hydrogen-bond donors (Lipinski definition) is 3. The lowest BCUT2D eigenvalue weighted by molar-refractivity contribution is -0.142. The van der Waals surface area contributed by atoms with E-state index in [0.717, 1.165) is 12.3 Å². The molecule has 1 aliphatic heterocycles. The van der Waals surface area contributed by atoms with Crippen LogP contribution in [0.2, 0.25) is 0 Å². The molecule has 0 spiro atoms. The van der Waals surface area contributed by atoms with Gasteiger partial charge in [-0.15, -0.1) is 0 Å². The van der Waals surface area contributed by atoms with E-state index in [9.17, 15) is 31.5 Å². The monoisotopic (exact) mass is 515 g/mol. The van der Waals surface area contributed by atoms with E-state index < -0.39 is 44.9 Å². The van der Waals surface area contributed by atoms with Crippen LogP contribution in [0.4, 0.5) is 24.5 Å². The number of hydrogen-bond acceptors (Lipinski definition) is 6. The minimum atomic E-state index is -4.72. The molecule has 8 nitrogen and oxygen atoms in total. The van der Waals surface area contributed by atoms with E-state index in [4.69, 9.17) is 10.5 Å². The number of halogens is 3. The van der Waals surface area contributed by atoms with Gasteiger partial charge in [-0.25, -0.2) is 12.7 Å². The van der Waals surface area contributed by atoms with Crippen LogP contribution in [0.3, 0.4) is 0 Å². The Kier molecular flexibility index (Phi) is 7.68. The molecule has 3 rings (SSSR count). The van der Waals surface area contributed by atoms with Crippen molar-refractivity contribution in [3.63, 3.8) is 0 Å². The predicted octanol–water partition coefficient (Wildman–Crippen LogP) is 2.88. The zero-order valence-electron chi connectivity index (χ0n) is 19.3. The minimum absolute atomic E-state index is 0.108. The number of sulfonamides is 1. The molecule has 12 heteroatoms. The standard InChI is InChI=1S/C23H28F3N3O5S/c1-34-18-5-3-4-15(12-18)14-22(31,16-8-10-29(11-9-16)35(2,32)33)21(30)28-17-6-7-20(27)19(13-17)23(24,25)26/h3-7,12-13,16,31H,8-11,14,27H2,1-2H3,(H,28,30). The molecule has 0 saturated carbocycles. The highest BCUT2D eigenvalue weighted by Gasteiger charge is 2.46. The molecule has 192 valence electrons. The maximum absolute atomic E-state index is 13.4. The lowest BCUT2D eigenvalue weighted by atomic mass is 9.76. The van der Waals surface area contributed by atoms with E-state index in [1.807, 2.05) is 0 Å². The van der Waals surface area contributed by atoms with Gasteiger partial charge in [-0.2, -0.15) is 13.2 Å². The first kappa shape index (κ1) is 26.8. The molecular formula is C23H28F3N3O5S. The lowest BCUT2D eigenvalue weighted by Gasteiger charge is -2.40. The summed E-state index contributed by atoms with van der Waals surface area (Å²) in [6.45, 7) is 0.217. The summed E-state index contributed by atoms with van der Waals surface area (Å²) in [6.07, 6.45) is -3.41. The van der Waals surface area contributed by atoms with Crippen molar-refractivity contribution in [3.8, 4) is 5.75 Å². The van der Waals surface area contributed by atoms with Crippen molar-refractivity contribution >= 4 is 27.3 Å². The fraction of sp³-hybridized carbons (Fsp3) is 0.435. The second-order valence-electron chi connectivity index (χ2n) is 8.64. The van der Waals surface area contributed by atoms with Gasteiger partial charge in [0.25, 0.3) is 5.91 Å². The number of carbonyl (C=O) groups is 1. The summed E-state index contributed by atoms with van der Waals surface area (Å²) < 4.78 is 70.1. The van der Waals surface area contributed by atoms with Gasteiger partial charge in [-0.1, -0.05) is 12.1 Å². The zero-order valence-corrected chi connectivity index (χ0v) is 20.1. The van der Waals surface area contributed by atoms with E-state index in [2.05, 4.69) is 5.32 Å². The molecule has 0 radical (unpaired) electrons. The van der Waals surface area contributed by atoms with Gasteiger partial charge in [0.2, 0.25) is 10.0 Å². The van der Waals surface area contributed by atoms with Gasteiger partial charge in [0.05, 0.1) is 18.9 Å². The van der Waals surface area contributed by atoms with Gasteiger partial charge >= 0.3 is 6.18 Å². The average molecular weight is 516 g/mol. The third-order valence-electron chi connectivity index (χ3n) is 6.22. The minimum Gasteiger partial charge on any atom is -0.497 e. The molecule has 1 unspecified atom stereocenters. The fourth-order valence-corrected chi connectivity index (χ4v) is 5.16. The normalized spacial score (nSPS) is 17.5. The maximum atomic E-state index is 13.4. The largest absolute Gasteiger partial charge is 0.497 e. The summed E-state index contributed by atoms with van der Waals surface area (Å²) in [6, 6.07) is 9.69. The Balaban J connectivity index is 1.92. The summed E-state index contributed by atoms with van der Waals surface area (Å²) in [4.78, 5) is 13.4. The molecule has 1 fully saturated rings. The third kappa shape index (κ3) is 6.24. The van der Waals surface area contributed by atoms with Gasteiger partial charge < -0.3 is 20.9 Å². The Morgan fingerprint density at radius 3 is 2.43 bits per heavy atom. The second-order valence-corrected chi connectivity index (χ2v) is 10.6. The summed E-state index contributed by atoms with van der Waals surface area (Å²) in [5, 5.41) is 14.1. The number of piperidine rings is 1. The van der Waals surface area contributed by atoms with Crippen LogP contribution in [0, 0.1) is 5.92 Å². The second kappa shape index (κ2) is 10.0. The van der Waals surface area contributed by atoms with Gasteiger partial charge in [0.1, 0.15) is 11.4 Å². The van der Waals surface area contributed by atoms with E-state index in [1.54, 1.807) is 24.3 Å². The predicted molar refractivity (Wildman–Crippen MR) is 125 cm³/mol. The Bertz CT molecular complexity index is 1180. The molecule has 1 aliphatic rings. The summed E-state index contributed by atoms with van der Waals surface area (Å²) in [5.41, 5.74) is 2.21. The average Bonchev–Trinajstić information content (AvgIpc) is 2.79. The van der Waals surface area contributed by atoms with Gasteiger partial charge in [-0.3, -0.25) is 4.79 Å². The zero-order chi connectivity index (χ0) is 26.0. The Morgan fingerprint density at radius 2 is 1.86 bits per heavy atom. The first-order valence-corrected chi connectivity index (χ1v) is 12.7. The molecular weight excluding hydrogens is 487 g/mol. The number of aliphatic hydroxyl groups is 1. The number of alkyl halides is 3. The van der Waals surface area contributed by atoms with Crippen molar-refractivity contribution in [1.82, 2.24) is 4.31 Å². The highest BCUT2D eigenvalue weighted by atomic mass is 32.2. The van der Waals surface area contributed by atoms with Crippen LogP contribution < -0.4 is 15.8 Å². The van der Waals surface area contributed by atoms with E-state index in [0.29, 0.717) is 17.4 Å². The van der Waals surface area contributed by atoms with Crippen LogP contribution in [0.15, 0.2) is 42.5 Å². The van der Waals surface area contributed by atoms with Gasteiger partial charge in [0, 0.05) is 30.9 Å². The van der Waals surface area contributed by atoms with Crippen LogP contribution >= 0.6 is 0 Å². The van der Waals surface area contributed by atoms with Crippen LogP contribution in [0.25, 0.3) is 0 Å². The van der Waals surface area contributed by atoms with Crippen molar-refractivity contribution in [2.24, 2.45) is 5.92 Å². The van der Waals surface area contributed by atoms with Crippen LogP contribution in [0.5, 0.6) is 5.75 Å². The fourth-order valence-electron chi connectivity index (χ4n) is 4.29. The number of benzene rings is 2. The molecule has 2 aromatic carbocycles. The van der Waals surface area contributed by atoms with Crippen molar-refractivity contribution in [3.05, 3.63) is 53.6 Å². The number of amides is 1. The molecule has 0 aromatic heterocycles. The van der Waals surface area contributed by atoms with E-state index >= 15 is 0 Å². The van der Waals surface area contributed by atoms with Crippen molar-refractivity contribution < 1.29 is 36.2 Å². The van der Waals surface area contributed by atoms with Gasteiger partial charge in [0.15, 0.2) is 0 Å². The Morgan fingerprint density at radius 1 is 1.20 bits per heavy atom. The van der Waals surface area contributed by atoms with Crippen LogP contribution in [0.1, 0.15) is 24.0 Å². The van der Waals surface area contributed by atoms with Crippen LogP contribution in [-0.4, -0.2) is 55.8 Å². The summed E-state index contributed by atoms with van der Waals surface area (Å²) in [5.74, 6) is -1.04. The Labute approximate surface area is 201 Å². The molecule has 1 saturated heterocycles. The number of anilines is 2. The van der Waals surface area contributed by atoms with Crippen molar-refractivity contribution in [1.29, 1.82) is 0 Å². The lowest BCUT2D eigenvalue weighted by Crippen LogP contribution is -2.54. The molecule has 4 N–H and O–H groups in total. The first-order valence-electron chi connectivity index (χ1n) is 10.8. The first-order chi connectivity index (χ1) is 16.2. The van der Waals surface area contributed by atoms with E-state index in [1.165, 1.54) is 17.5 Å². The number of rotatable bonds is 7. The molecule has 2 aromatic rings. The number of nitrogens with one attached hydrogen (secondary N) is 1. The highest BCUT2D eigenvalue weighted by Crippen LogP contribution is 2.37. The molecule has 0 bridgehead atoms. The topological polar surface area (TPSA) is 122 Å². The number of carbonyl (C=O) groups excluding carboxylic acids is 1. The number of nitrogen functional groups attached to an aromatic ring is 1. The van der Waals surface area contributed by atoms with Gasteiger partial charge in [-0.05, 0) is 54.7 Å². The quantitative estimate of drug-likeness (QED) is 0.488. The van der Waals surface area contributed by atoms with Crippen molar-refractivity contribution in [2.45, 2.75) is 31.0 Å². The number of ether oxygens (including phenoxy) is 1. The summed E-state index contributed by atoms with van der Waals surface area (Å²) in [7, 11) is -1.97. The van der Waals surface area contributed by atoms with E-state index in [-0.39, 0.29) is 38.0 Å². The molecule has 1 heterocycles.